The molecule has 1 aromatic heterocycles. The molecule has 0 bridgehead atoms. The quantitative estimate of drug-likeness (QED) is 0.128. The van der Waals surface area contributed by atoms with Gasteiger partial charge in [-0.1, -0.05) is 19.1 Å². The Morgan fingerprint density at radius 3 is 2.75 bits per heavy atom. The third-order valence-corrected chi connectivity index (χ3v) is 9.66. The molecule has 16 heteroatoms. The van der Waals surface area contributed by atoms with Crippen molar-refractivity contribution in [3.63, 3.8) is 0 Å². The van der Waals surface area contributed by atoms with Crippen molar-refractivity contribution >= 4 is 39.4 Å². The molecule has 0 radical (unpaired) electrons. The first-order valence-corrected chi connectivity index (χ1v) is 13.9. The summed E-state index contributed by atoms with van der Waals surface area (Å²) in [4.78, 5) is 26.8. The van der Waals surface area contributed by atoms with E-state index in [1.165, 1.54) is 28.6 Å². The Morgan fingerprint density at radius 2 is 2.11 bits per heavy atom. The molecule has 3 rings (SSSR count). The van der Waals surface area contributed by atoms with E-state index in [0.29, 0.717) is 41.5 Å². The molecule has 2 heterocycles. The highest BCUT2D eigenvalue weighted by Gasteiger charge is 2.40. The average molecular weight is 562 g/mol. The fourth-order valence-electron chi connectivity index (χ4n) is 3.46. The van der Waals surface area contributed by atoms with Gasteiger partial charge < -0.3 is 14.3 Å². The number of likely N-dealkylation sites (N-methyl/N-ethyl adjacent to an activating group) is 1. The fraction of sp³-hybridized carbons (Fsp3) is 0.450. The van der Waals surface area contributed by atoms with Crippen molar-refractivity contribution < 1.29 is 32.6 Å². The van der Waals surface area contributed by atoms with Gasteiger partial charge in [0.1, 0.15) is 16.6 Å². The van der Waals surface area contributed by atoms with Crippen molar-refractivity contribution in [1.29, 1.82) is 0 Å². The van der Waals surface area contributed by atoms with Gasteiger partial charge in [-0.15, -0.1) is 21.5 Å². The van der Waals surface area contributed by atoms with E-state index in [1.807, 2.05) is 6.92 Å². The van der Waals surface area contributed by atoms with Gasteiger partial charge in [-0.05, 0) is 30.2 Å². The summed E-state index contributed by atoms with van der Waals surface area (Å²) in [7, 11) is -2.15. The molecular formula is C20H27N5O8S3. The van der Waals surface area contributed by atoms with Crippen LogP contribution < -0.4 is 15.3 Å². The SMILES string of the molecule is CCN(N)[C@H]1CN(CCCOC)S(=O)(=O)c2sc(SNC(=O)Oc3ccc(CO[N+](=O)[O-])cc3)cc21. The van der Waals surface area contributed by atoms with Gasteiger partial charge in [-0.2, -0.15) is 4.31 Å². The number of thiophene rings is 1. The number of hydrogen-bond donors (Lipinski definition) is 2. The summed E-state index contributed by atoms with van der Waals surface area (Å²) in [5.74, 6) is 6.41. The third-order valence-electron chi connectivity index (χ3n) is 5.24. The molecule has 0 unspecified atom stereocenters. The summed E-state index contributed by atoms with van der Waals surface area (Å²) >= 11 is 1.99. The minimum Gasteiger partial charge on any atom is -0.410 e. The summed E-state index contributed by atoms with van der Waals surface area (Å²) in [6.07, 6.45) is -0.214. The summed E-state index contributed by atoms with van der Waals surface area (Å²) in [6.45, 7) is 3.17. The zero-order valence-corrected chi connectivity index (χ0v) is 22.1. The van der Waals surface area contributed by atoms with Crippen molar-refractivity contribution in [1.82, 2.24) is 14.0 Å². The normalized spacial score (nSPS) is 16.9. The number of hydrazine groups is 1. The maximum atomic E-state index is 13.2. The first-order chi connectivity index (χ1) is 17.1. The minimum atomic E-state index is -3.71. The second kappa shape index (κ2) is 12.7. The number of nitrogens with zero attached hydrogens (tertiary/aromatic N) is 3. The Balaban J connectivity index is 1.67. The Bertz CT molecular complexity index is 1160. The van der Waals surface area contributed by atoms with Crippen LogP contribution in [0.1, 0.15) is 30.5 Å². The Hall–Kier alpha value is -2.47. The number of hydrogen-bond acceptors (Lipinski definition) is 12. The van der Waals surface area contributed by atoms with Crippen molar-refractivity contribution in [2.75, 3.05) is 33.4 Å². The molecule has 13 nitrogen and oxygen atoms in total. The van der Waals surface area contributed by atoms with E-state index >= 15 is 0 Å². The maximum absolute atomic E-state index is 13.2. The Kier molecular flexibility index (Phi) is 9.89. The number of rotatable bonds is 12. The lowest BCUT2D eigenvalue weighted by Gasteiger charge is -2.36. The number of carbonyl (C=O) groups excluding carboxylic acids is 1. The van der Waals surface area contributed by atoms with Gasteiger partial charge in [0.15, 0.2) is 0 Å². The minimum absolute atomic E-state index is 0.199. The molecule has 36 heavy (non-hydrogen) atoms. The number of methoxy groups -OCH3 is 1. The standard InChI is InChI=1S/C20H27N5O8S3/c1-3-24(21)17-12-23(9-4-10-31-2)36(29,30)19-16(17)11-18(34-19)35-22-20(26)33-15-7-5-14(6-8-15)13-32-25(27)28/h5-8,11,17H,3-4,9-10,12-13,21H2,1-2H3,(H,22,26)/t17-/m0/s1. The second-order valence-corrected chi connectivity index (χ2v) is 11.9. The molecule has 2 aromatic rings. The van der Waals surface area contributed by atoms with E-state index in [4.69, 9.17) is 15.3 Å². The van der Waals surface area contributed by atoms with Gasteiger partial charge >= 0.3 is 6.09 Å². The van der Waals surface area contributed by atoms with Gasteiger partial charge in [0.2, 0.25) is 0 Å². The number of nitrogens with one attached hydrogen (secondary N) is 1. The van der Waals surface area contributed by atoms with Crippen LogP contribution in [0.15, 0.2) is 38.8 Å². The van der Waals surface area contributed by atoms with E-state index < -0.39 is 21.2 Å². The van der Waals surface area contributed by atoms with Gasteiger partial charge in [-0.25, -0.2) is 18.2 Å². The molecule has 1 aliphatic heterocycles. The van der Waals surface area contributed by atoms with Crippen molar-refractivity contribution in [3.8, 4) is 5.75 Å². The summed E-state index contributed by atoms with van der Waals surface area (Å²) in [5.41, 5.74) is 1.13. The fourth-order valence-corrected chi connectivity index (χ4v) is 7.69. The molecule has 0 fully saturated rings. The van der Waals surface area contributed by atoms with Crippen LogP contribution in [0.2, 0.25) is 0 Å². The first kappa shape index (κ1) is 28.1. The molecule has 198 valence electrons. The zero-order valence-electron chi connectivity index (χ0n) is 19.6. The van der Waals surface area contributed by atoms with Crippen LogP contribution >= 0.6 is 23.3 Å². The van der Waals surface area contributed by atoms with Crippen LogP contribution in [0.3, 0.4) is 0 Å². The van der Waals surface area contributed by atoms with E-state index in [9.17, 15) is 23.3 Å². The second-order valence-electron chi connectivity index (χ2n) is 7.60. The lowest BCUT2D eigenvalue weighted by molar-refractivity contribution is -0.763. The topological polar surface area (TPSA) is 167 Å². The highest BCUT2D eigenvalue weighted by Crippen LogP contribution is 2.42. The molecule has 1 aromatic carbocycles. The van der Waals surface area contributed by atoms with Crippen LogP contribution in [0.4, 0.5) is 4.79 Å². The van der Waals surface area contributed by atoms with Crippen LogP contribution in [0.5, 0.6) is 5.75 Å². The van der Waals surface area contributed by atoms with E-state index in [-0.39, 0.29) is 29.2 Å². The summed E-state index contributed by atoms with van der Waals surface area (Å²) < 4.78 is 41.4. The Labute approximate surface area is 216 Å². The van der Waals surface area contributed by atoms with Crippen molar-refractivity contribution in [2.45, 2.75) is 34.4 Å². The van der Waals surface area contributed by atoms with Gasteiger partial charge in [0.05, 0.1) is 10.3 Å². The highest BCUT2D eigenvalue weighted by molar-refractivity contribution is 8.00. The molecule has 0 aliphatic carbocycles. The van der Waals surface area contributed by atoms with Crippen LogP contribution in [-0.4, -0.2) is 62.3 Å². The molecule has 0 saturated carbocycles. The number of fused-ring (bicyclic) bond motifs is 1. The molecule has 1 atom stereocenters. The van der Waals surface area contributed by atoms with Crippen LogP contribution in [0.25, 0.3) is 0 Å². The van der Waals surface area contributed by atoms with Crippen LogP contribution in [0, 0.1) is 10.1 Å². The number of sulfonamides is 1. The number of carbonyl (C=O) groups is 1. The smallest absolute Gasteiger partial charge is 0.410 e. The number of amides is 1. The molecule has 1 amide bonds. The van der Waals surface area contributed by atoms with Crippen LogP contribution in [-0.2, 0) is 26.2 Å². The monoisotopic (exact) mass is 561 g/mol. The van der Waals surface area contributed by atoms with E-state index in [0.717, 1.165) is 23.3 Å². The summed E-state index contributed by atoms with van der Waals surface area (Å²) in [5, 5.41) is 11.0. The lowest BCUT2D eigenvalue weighted by Crippen LogP contribution is -2.47. The molecular weight excluding hydrogens is 534 g/mol. The van der Waals surface area contributed by atoms with Gasteiger partial charge in [0, 0.05) is 50.9 Å². The van der Waals surface area contributed by atoms with Crippen molar-refractivity contribution in [3.05, 3.63) is 51.6 Å². The largest absolute Gasteiger partial charge is 0.422 e. The Morgan fingerprint density at radius 1 is 1.39 bits per heavy atom. The van der Waals surface area contributed by atoms with E-state index in [2.05, 4.69) is 9.56 Å². The first-order valence-electron chi connectivity index (χ1n) is 10.8. The van der Waals surface area contributed by atoms with Gasteiger partial charge in [-0.3, -0.25) is 10.6 Å². The zero-order chi connectivity index (χ0) is 26.3. The molecule has 1 aliphatic rings. The summed E-state index contributed by atoms with van der Waals surface area (Å²) in [6, 6.07) is 7.40. The maximum Gasteiger partial charge on any atom is 0.422 e. The third kappa shape index (κ3) is 7.06. The average Bonchev–Trinajstić information content (AvgIpc) is 3.29. The molecule has 3 N–H and O–H groups in total. The molecule has 0 saturated heterocycles. The predicted octanol–water partition coefficient (Wildman–Crippen LogP) is 2.53. The predicted molar refractivity (Wildman–Crippen MR) is 132 cm³/mol. The lowest BCUT2D eigenvalue weighted by atomic mass is 10.1. The molecule has 0 spiro atoms. The number of ether oxygens (including phenoxy) is 2. The van der Waals surface area contributed by atoms with E-state index in [1.54, 1.807) is 18.2 Å². The van der Waals surface area contributed by atoms with Crippen molar-refractivity contribution in [2.24, 2.45) is 5.84 Å². The number of nitrogens with two attached hydrogens (primary N) is 1. The number of benzene rings is 1. The van der Waals surface area contributed by atoms with Gasteiger partial charge in [0.25, 0.3) is 15.1 Å². The highest BCUT2D eigenvalue weighted by atomic mass is 32.3.